The molecule has 0 atom stereocenters. The van der Waals surface area contributed by atoms with Crippen LogP contribution in [0.25, 0.3) is 11.3 Å². The molecular formula is C13H12FN3O2. The molecule has 2 rings (SSSR count). The normalized spacial score (nSPS) is 10.5. The van der Waals surface area contributed by atoms with Crippen LogP contribution in [-0.4, -0.2) is 15.5 Å². The Bertz CT molecular complexity index is 722. The highest BCUT2D eigenvalue weighted by Gasteiger charge is 2.14. The van der Waals surface area contributed by atoms with Crippen LogP contribution in [0.1, 0.15) is 15.9 Å². The maximum atomic E-state index is 13.2. The van der Waals surface area contributed by atoms with Gasteiger partial charge < -0.3 is 10.3 Å². The highest BCUT2D eigenvalue weighted by Crippen LogP contribution is 2.22. The number of rotatable bonds is 2. The lowest BCUT2D eigenvalue weighted by Crippen LogP contribution is -2.25. The van der Waals surface area contributed by atoms with Gasteiger partial charge in [-0.05, 0) is 30.7 Å². The number of carbonyl (C=O) groups excluding carboxylic acids is 1. The molecule has 2 aromatic rings. The highest BCUT2D eigenvalue weighted by atomic mass is 19.1. The third kappa shape index (κ3) is 2.37. The molecule has 0 aliphatic rings. The average Bonchev–Trinajstić information content (AvgIpc) is 2.35. The van der Waals surface area contributed by atoms with Crippen LogP contribution in [0.3, 0.4) is 0 Å². The molecule has 1 amide bonds. The smallest absolute Gasteiger partial charge is 0.347 e. The van der Waals surface area contributed by atoms with Crippen molar-refractivity contribution >= 4 is 5.91 Å². The van der Waals surface area contributed by atoms with Crippen molar-refractivity contribution in [1.82, 2.24) is 9.55 Å². The lowest BCUT2D eigenvalue weighted by atomic mass is 10.0. The van der Waals surface area contributed by atoms with Gasteiger partial charge in [0.15, 0.2) is 0 Å². The minimum absolute atomic E-state index is 0.119. The molecule has 1 heterocycles. The molecule has 0 fully saturated rings. The second-order valence-electron chi connectivity index (χ2n) is 4.22. The largest absolute Gasteiger partial charge is 0.365 e. The number of benzene rings is 1. The SMILES string of the molecule is Cc1cc(-c2nc(=O)n(C)cc2C(N)=O)ccc1F. The van der Waals surface area contributed by atoms with Crippen molar-refractivity contribution in [3.63, 3.8) is 0 Å². The predicted molar refractivity (Wildman–Crippen MR) is 68.1 cm³/mol. The Balaban J connectivity index is 2.73. The van der Waals surface area contributed by atoms with Crippen LogP contribution in [0.5, 0.6) is 0 Å². The van der Waals surface area contributed by atoms with Gasteiger partial charge in [-0.3, -0.25) is 4.79 Å². The van der Waals surface area contributed by atoms with Gasteiger partial charge in [-0.15, -0.1) is 0 Å². The van der Waals surface area contributed by atoms with Crippen molar-refractivity contribution in [2.24, 2.45) is 12.8 Å². The molecule has 0 aliphatic heterocycles. The molecule has 0 bridgehead atoms. The molecule has 5 nitrogen and oxygen atoms in total. The summed E-state index contributed by atoms with van der Waals surface area (Å²) in [6, 6.07) is 4.23. The van der Waals surface area contributed by atoms with E-state index in [-0.39, 0.29) is 17.1 Å². The standard InChI is InChI=1S/C13H12FN3O2/c1-7-5-8(3-4-10(7)14)11-9(12(15)18)6-17(2)13(19)16-11/h3-6H,1-2H3,(H2,15,18). The van der Waals surface area contributed by atoms with Crippen molar-refractivity contribution in [3.8, 4) is 11.3 Å². The summed E-state index contributed by atoms with van der Waals surface area (Å²) in [6.45, 7) is 1.59. The summed E-state index contributed by atoms with van der Waals surface area (Å²) in [5.41, 5.74) is 5.92. The Morgan fingerprint density at radius 1 is 1.42 bits per heavy atom. The van der Waals surface area contributed by atoms with Gasteiger partial charge in [0.05, 0.1) is 11.3 Å². The fraction of sp³-hybridized carbons (Fsp3) is 0.154. The third-order valence-electron chi connectivity index (χ3n) is 2.78. The first-order valence-corrected chi connectivity index (χ1v) is 5.54. The maximum absolute atomic E-state index is 13.2. The summed E-state index contributed by atoms with van der Waals surface area (Å²) in [4.78, 5) is 26.8. The van der Waals surface area contributed by atoms with Gasteiger partial charge in [0.1, 0.15) is 5.82 Å². The molecular weight excluding hydrogens is 249 g/mol. The Morgan fingerprint density at radius 3 is 2.68 bits per heavy atom. The minimum atomic E-state index is -0.694. The van der Waals surface area contributed by atoms with E-state index in [1.54, 1.807) is 6.92 Å². The van der Waals surface area contributed by atoms with E-state index in [0.717, 1.165) is 0 Å². The first kappa shape index (κ1) is 12.9. The number of amides is 1. The molecule has 0 saturated heterocycles. The zero-order chi connectivity index (χ0) is 14.2. The van der Waals surface area contributed by atoms with E-state index in [0.29, 0.717) is 11.1 Å². The number of hydrogen-bond acceptors (Lipinski definition) is 3. The number of halogens is 1. The minimum Gasteiger partial charge on any atom is -0.365 e. The Kier molecular flexibility index (Phi) is 3.16. The van der Waals surface area contributed by atoms with Crippen molar-refractivity contribution < 1.29 is 9.18 Å². The number of hydrogen-bond donors (Lipinski definition) is 1. The molecule has 98 valence electrons. The van der Waals surface area contributed by atoms with Gasteiger partial charge >= 0.3 is 5.69 Å². The molecule has 0 unspecified atom stereocenters. The van der Waals surface area contributed by atoms with Gasteiger partial charge in [-0.1, -0.05) is 0 Å². The lowest BCUT2D eigenvalue weighted by Gasteiger charge is -2.08. The van der Waals surface area contributed by atoms with Gasteiger partial charge in [-0.25, -0.2) is 9.18 Å². The van der Waals surface area contributed by atoms with E-state index in [9.17, 15) is 14.0 Å². The van der Waals surface area contributed by atoms with Gasteiger partial charge in [-0.2, -0.15) is 4.98 Å². The summed E-state index contributed by atoms with van der Waals surface area (Å²) < 4.78 is 14.4. The van der Waals surface area contributed by atoms with Crippen LogP contribution < -0.4 is 11.4 Å². The van der Waals surface area contributed by atoms with Crippen LogP contribution in [0.4, 0.5) is 4.39 Å². The molecule has 6 heteroatoms. The molecule has 1 aromatic carbocycles. The number of nitrogens with two attached hydrogens (primary N) is 1. The Hall–Kier alpha value is -2.50. The Morgan fingerprint density at radius 2 is 2.11 bits per heavy atom. The topological polar surface area (TPSA) is 78.0 Å². The second-order valence-corrected chi connectivity index (χ2v) is 4.22. The molecule has 0 saturated carbocycles. The van der Waals surface area contributed by atoms with Crippen LogP contribution in [-0.2, 0) is 7.05 Å². The summed E-state index contributed by atoms with van der Waals surface area (Å²) in [7, 11) is 1.47. The summed E-state index contributed by atoms with van der Waals surface area (Å²) >= 11 is 0. The average molecular weight is 261 g/mol. The van der Waals surface area contributed by atoms with E-state index in [4.69, 9.17) is 5.73 Å². The molecule has 0 aliphatic carbocycles. The number of primary amides is 1. The van der Waals surface area contributed by atoms with E-state index < -0.39 is 11.6 Å². The quantitative estimate of drug-likeness (QED) is 0.875. The summed E-state index contributed by atoms with van der Waals surface area (Å²) in [6.07, 6.45) is 1.33. The molecule has 2 N–H and O–H groups in total. The lowest BCUT2D eigenvalue weighted by molar-refractivity contribution is 0.1000. The monoisotopic (exact) mass is 261 g/mol. The van der Waals surface area contributed by atoms with Gasteiger partial charge in [0, 0.05) is 18.8 Å². The van der Waals surface area contributed by atoms with Gasteiger partial charge in [0.25, 0.3) is 5.91 Å². The fourth-order valence-electron chi connectivity index (χ4n) is 1.74. The van der Waals surface area contributed by atoms with Crippen molar-refractivity contribution in [3.05, 3.63) is 51.8 Å². The summed E-state index contributed by atoms with van der Waals surface area (Å²) in [5.74, 6) is -1.06. The maximum Gasteiger partial charge on any atom is 0.347 e. The number of nitrogens with zero attached hydrogens (tertiary/aromatic N) is 2. The molecule has 0 radical (unpaired) electrons. The first-order chi connectivity index (χ1) is 8.90. The molecule has 0 spiro atoms. The van der Waals surface area contributed by atoms with Crippen molar-refractivity contribution in [2.45, 2.75) is 6.92 Å². The van der Waals surface area contributed by atoms with E-state index in [2.05, 4.69) is 4.98 Å². The van der Waals surface area contributed by atoms with Crippen LogP contribution in [0, 0.1) is 12.7 Å². The van der Waals surface area contributed by atoms with Gasteiger partial charge in [0.2, 0.25) is 0 Å². The second kappa shape index (κ2) is 4.64. The van der Waals surface area contributed by atoms with E-state index in [1.165, 1.54) is 36.0 Å². The van der Waals surface area contributed by atoms with Crippen LogP contribution in [0.2, 0.25) is 0 Å². The summed E-state index contributed by atoms with van der Waals surface area (Å²) in [5, 5.41) is 0. The van der Waals surface area contributed by atoms with E-state index in [1.807, 2.05) is 0 Å². The number of carbonyl (C=O) groups is 1. The zero-order valence-electron chi connectivity index (χ0n) is 10.5. The zero-order valence-corrected chi connectivity index (χ0v) is 10.5. The third-order valence-corrected chi connectivity index (χ3v) is 2.78. The van der Waals surface area contributed by atoms with E-state index >= 15 is 0 Å². The highest BCUT2D eigenvalue weighted by molar-refractivity contribution is 5.98. The number of aryl methyl sites for hydroxylation is 2. The predicted octanol–water partition coefficient (Wildman–Crippen LogP) is 0.994. The molecule has 19 heavy (non-hydrogen) atoms. The van der Waals surface area contributed by atoms with Crippen molar-refractivity contribution in [1.29, 1.82) is 0 Å². The first-order valence-electron chi connectivity index (χ1n) is 5.54. The van der Waals surface area contributed by atoms with Crippen LogP contribution in [0.15, 0.2) is 29.2 Å². The Labute approximate surface area is 108 Å². The van der Waals surface area contributed by atoms with Crippen LogP contribution >= 0.6 is 0 Å². The fourth-order valence-corrected chi connectivity index (χ4v) is 1.74. The van der Waals surface area contributed by atoms with Crippen molar-refractivity contribution in [2.75, 3.05) is 0 Å². The number of aromatic nitrogens is 2. The molecule has 1 aromatic heterocycles.